The molecule has 0 atom stereocenters. The number of hydrogen-bond donors (Lipinski definition) is 0. The molecule has 0 bridgehead atoms. The summed E-state index contributed by atoms with van der Waals surface area (Å²) >= 11 is 22.1. The average Bonchev–Trinajstić information content (AvgIpc) is 2.39. The maximum atomic E-state index is 11.8. The molecule has 1 heterocycles. The van der Waals surface area contributed by atoms with E-state index < -0.39 is 3.92 Å². The lowest BCUT2D eigenvalue weighted by molar-refractivity contribution is 0.0859. The number of carbonyl (C=O) groups is 1. The highest BCUT2D eigenvalue weighted by molar-refractivity contribution is 7.80. The third-order valence-corrected chi connectivity index (χ3v) is 2.96. The molecular formula is C9H4Cl3NOS. The summed E-state index contributed by atoms with van der Waals surface area (Å²) in [6, 6.07) is 6.90. The van der Waals surface area contributed by atoms with Crippen molar-refractivity contribution in [3.05, 3.63) is 35.4 Å². The summed E-state index contributed by atoms with van der Waals surface area (Å²) in [7, 11) is 0. The first-order valence-corrected chi connectivity index (χ1v) is 5.52. The molecule has 0 radical (unpaired) electrons. The van der Waals surface area contributed by atoms with Crippen molar-refractivity contribution < 1.29 is 4.79 Å². The van der Waals surface area contributed by atoms with E-state index in [1.807, 2.05) is 0 Å². The van der Waals surface area contributed by atoms with Crippen molar-refractivity contribution in [3.8, 4) is 0 Å². The van der Waals surface area contributed by atoms with Gasteiger partial charge >= 0.3 is 0 Å². The van der Waals surface area contributed by atoms with Crippen LogP contribution >= 0.6 is 47.0 Å². The number of benzene rings is 1. The highest BCUT2D eigenvalue weighted by atomic mass is 35.6. The van der Waals surface area contributed by atoms with Crippen molar-refractivity contribution in [1.29, 1.82) is 0 Å². The van der Waals surface area contributed by atoms with Crippen molar-refractivity contribution in [1.82, 2.24) is 4.90 Å². The first-order valence-electron chi connectivity index (χ1n) is 3.97. The van der Waals surface area contributed by atoms with Crippen molar-refractivity contribution in [2.75, 3.05) is 0 Å². The van der Waals surface area contributed by atoms with Crippen LogP contribution in [0.1, 0.15) is 15.9 Å². The third-order valence-electron chi connectivity index (χ3n) is 2.05. The highest BCUT2D eigenvalue weighted by Gasteiger charge is 2.43. The summed E-state index contributed by atoms with van der Waals surface area (Å²) in [6.07, 6.45) is 0. The minimum absolute atomic E-state index is 0.246. The molecule has 0 unspecified atom stereocenters. The maximum Gasteiger partial charge on any atom is 0.275 e. The van der Waals surface area contributed by atoms with Crippen LogP contribution in [-0.4, -0.2) is 19.7 Å². The number of halogens is 3. The van der Waals surface area contributed by atoms with Gasteiger partial charge in [0.15, 0.2) is 0 Å². The van der Waals surface area contributed by atoms with Gasteiger partial charge in [-0.1, -0.05) is 65.2 Å². The van der Waals surface area contributed by atoms with Crippen LogP contribution < -0.4 is 0 Å². The number of fused-ring (bicyclic) bond motifs is 1. The van der Waals surface area contributed by atoms with Gasteiger partial charge in [0.1, 0.15) is 4.99 Å². The number of amides is 1. The van der Waals surface area contributed by atoms with Crippen LogP contribution in [0.5, 0.6) is 0 Å². The van der Waals surface area contributed by atoms with E-state index in [4.69, 9.17) is 47.0 Å². The van der Waals surface area contributed by atoms with E-state index in [0.717, 1.165) is 4.90 Å². The van der Waals surface area contributed by atoms with Crippen LogP contribution in [0.2, 0.25) is 0 Å². The first kappa shape index (κ1) is 11.1. The zero-order valence-corrected chi connectivity index (χ0v) is 10.3. The normalized spacial score (nSPS) is 15.8. The number of rotatable bonds is 0. The van der Waals surface area contributed by atoms with E-state index >= 15 is 0 Å². The monoisotopic (exact) mass is 279 g/mol. The topological polar surface area (TPSA) is 20.3 Å². The molecular weight excluding hydrogens is 277 g/mol. The van der Waals surface area contributed by atoms with Crippen LogP contribution in [0.25, 0.3) is 0 Å². The standard InChI is InChI=1S/C9H4Cl3NOS/c10-9(11,12)13-7(14)5-3-1-2-4-6(5)8(13)15/h1-4H. The van der Waals surface area contributed by atoms with Gasteiger partial charge in [-0.3, -0.25) is 9.69 Å². The van der Waals surface area contributed by atoms with Crippen LogP contribution in [-0.2, 0) is 0 Å². The predicted octanol–water partition coefficient (Wildman–Crippen LogP) is 3.15. The van der Waals surface area contributed by atoms with E-state index in [2.05, 4.69) is 0 Å². The molecule has 0 fully saturated rings. The van der Waals surface area contributed by atoms with Gasteiger partial charge < -0.3 is 0 Å². The number of alkyl halides is 3. The van der Waals surface area contributed by atoms with E-state index in [1.54, 1.807) is 24.3 Å². The van der Waals surface area contributed by atoms with Crippen LogP contribution in [0.3, 0.4) is 0 Å². The van der Waals surface area contributed by atoms with Gasteiger partial charge in [0.25, 0.3) is 9.82 Å². The van der Waals surface area contributed by atoms with Crippen LogP contribution in [0, 0.1) is 0 Å². The summed E-state index contributed by atoms with van der Waals surface area (Å²) < 4.78 is -1.84. The van der Waals surface area contributed by atoms with E-state index in [-0.39, 0.29) is 10.9 Å². The molecule has 78 valence electrons. The quantitative estimate of drug-likeness (QED) is 0.413. The molecule has 2 rings (SSSR count). The Bertz CT molecular complexity index is 420. The van der Waals surface area contributed by atoms with Crippen molar-refractivity contribution in [2.24, 2.45) is 0 Å². The molecule has 1 aromatic rings. The lowest BCUT2D eigenvalue weighted by Crippen LogP contribution is -2.39. The molecule has 0 N–H and O–H groups in total. The second-order valence-electron chi connectivity index (χ2n) is 2.96. The number of carbonyl (C=O) groups excluding carboxylic acids is 1. The second-order valence-corrected chi connectivity index (χ2v) is 5.57. The van der Waals surface area contributed by atoms with Crippen molar-refractivity contribution in [3.63, 3.8) is 0 Å². The van der Waals surface area contributed by atoms with Gasteiger partial charge in [-0.2, -0.15) is 0 Å². The Labute approximate surface area is 107 Å². The molecule has 15 heavy (non-hydrogen) atoms. The lowest BCUT2D eigenvalue weighted by atomic mass is 10.1. The Hall–Kier alpha value is -0.350. The van der Waals surface area contributed by atoms with Gasteiger partial charge in [-0.25, -0.2) is 0 Å². The summed E-state index contributed by atoms with van der Waals surface area (Å²) in [6.45, 7) is 0. The molecule has 6 heteroatoms. The summed E-state index contributed by atoms with van der Waals surface area (Å²) in [5.74, 6) is -0.379. The second kappa shape index (κ2) is 3.59. The zero-order valence-electron chi connectivity index (χ0n) is 7.21. The number of nitrogens with zero attached hydrogens (tertiary/aromatic N) is 1. The fourth-order valence-corrected chi connectivity index (χ4v) is 2.45. The van der Waals surface area contributed by atoms with Crippen LogP contribution in [0.4, 0.5) is 0 Å². The zero-order chi connectivity index (χ0) is 11.2. The summed E-state index contributed by atoms with van der Waals surface area (Å²) in [4.78, 5) is 13.1. The van der Waals surface area contributed by atoms with Gasteiger partial charge in [-0.05, 0) is 6.07 Å². The maximum absolute atomic E-state index is 11.8. The molecule has 1 aromatic carbocycles. The van der Waals surface area contributed by atoms with Gasteiger partial charge in [0.05, 0.1) is 5.56 Å². The Morgan fingerprint density at radius 3 is 2.13 bits per heavy atom. The molecule has 0 aromatic heterocycles. The Morgan fingerprint density at radius 2 is 1.67 bits per heavy atom. The third kappa shape index (κ3) is 1.74. The Morgan fingerprint density at radius 1 is 1.13 bits per heavy atom. The molecule has 0 saturated carbocycles. The summed E-state index contributed by atoms with van der Waals surface area (Å²) in [5.41, 5.74) is 1.10. The largest absolute Gasteiger partial charge is 0.275 e. The first-order chi connectivity index (χ1) is 6.93. The van der Waals surface area contributed by atoms with Crippen LogP contribution in [0.15, 0.2) is 24.3 Å². The summed E-state index contributed by atoms with van der Waals surface area (Å²) in [5, 5.41) is 0. The predicted molar refractivity (Wildman–Crippen MR) is 64.6 cm³/mol. The van der Waals surface area contributed by atoms with Crippen molar-refractivity contribution >= 4 is 57.9 Å². The number of hydrogen-bond acceptors (Lipinski definition) is 2. The van der Waals surface area contributed by atoms with E-state index in [0.29, 0.717) is 11.1 Å². The SMILES string of the molecule is O=C1c2ccccc2C(=S)N1C(Cl)(Cl)Cl. The highest BCUT2D eigenvalue weighted by Crippen LogP contribution is 2.38. The molecule has 1 aliphatic rings. The molecule has 1 aliphatic heterocycles. The fraction of sp³-hybridized carbons (Fsp3) is 0.111. The molecule has 2 nitrogen and oxygen atoms in total. The minimum Gasteiger partial charge on any atom is -0.269 e. The molecule has 0 spiro atoms. The van der Waals surface area contributed by atoms with Gasteiger partial charge in [0.2, 0.25) is 0 Å². The molecule has 0 aliphatic carbocycles. The Kier molecular flexibility index (Phi) is 2.67. The van der Waals surface area contributed by atoms with Gasteiger partial charge in [0, 0.05) is 5.56 Å². The van der Waals surface area contributed by atoms with E-state index in [1.165, 1.54) is 0 Å². The van der Waals surface area contributed by atoms with Gasteiger partial charge in [-0.15, -0.1) is 0 Å². The fourth-order valence-electron chi connectivity index (χ4n) is 1.42. The smallest absolute Gasteiger partial charge is 0.269 e. The average molecular weight is 281 g/mol. The minimum atomic E-state index is -1.84. The molecule has 1 amide bonds. The Balaban J connectivity index is 2.55. The van der Waals surface area contributed by atoms with Crippen molar-refractivity contribution in [2.45, 2.75) is 3.92 Å². The molecule has 0 saturated heterocycles. The van der Waals surface area contributed by atoms with E-state index in [9.17, 15) is 4.79 Å². The lowest BCUT2D eigenvalue weighted by Gasteiger charge is -2.23. The number of thiocarbonyl (C=S) groups is 1.